The number of halogens is 1. The molecule has 24 heavy (non-hydrogen) atoms. The standard InChI is InChI=1S/C16H19ClN4O3/c17-11-2-1-3-12(10-11)18-16(24)21-8-6-20(7-9-21)15(23)13-4-5-14(22)19-13/h1-3,10,13H,4-9H2,(H,18,24)(H,19,22). The van der Waals surface area contributed by atoms with E-state index in [4.69, 9.17) is 11.6 Å². The van der Waals surface area contributed by atoms with Gasteiger partial charge >= 0.3 is 6.03 Å². The molecule has 2 fully saturated rings. The fourth-order valence-electron chi connectivity index (χ4n) is 2.92. The Bertz CT molecular complexity index is 658. The number of nitrogens with one attached hydrogen (secondary N) is 2. The summed E-state index contributed by atoms with van der Waals surface area (Å²) in [6, 6.07) is 6.34. The van der Waals surface area contributed by atoms with E-state index in [1.54, 1.807) is 34.1 Å². The Labute approximate surface area is 144 Å². The summed E-state index contributed by atoms with van der Waals surface area (Å²) in [5.74, 6) is -0.136. The number of hydrogen-bond donors (Lipinski definition) is 2. The van der Waals surface area contributed by atoms with Gasteiger partial charge in [0.15, 0.2) is 0 Å². The van der Waals surface area contributed by atoms with E-state index < -0.39 is 6.04 Å². The third-order valence-corrected chi connectivity index (χ3v) is 4.48. The second-order valence-electron chi connectivity index (χ2n) is 5.91. The van der Waals surface area contributed by atoms with E-state index in [1.165, 1.54) is 0 Å². The van der Waals surface area contributed by atoms with Gasteiger partial charge in [-0.2, -0.15) is 0 Å². The summed E-state index contributed by atoms with van der Waals surface area (Å²) < 4.78 is 0. The van der Waals surface area contributed by atoms with Crippen LogP contribution in [0.2, 0.25) is 5.02 Å². The van der Waals surface area contributed by atoms with Gasteiger partial charge in [-0.05, 0) is 24.6 Å². The summed E-state index contributed by atoms with van der Waals surface area (Å²) in [5, 5.41) is 6.04. The van der Waals surface area contributed by atoms with Crippen LogP contribution in [0.15, 0.2) is 24.3 Å². The molecule has 0 spiro atoms. The van der Waals surface area contributed by atoms with Crippen molar-refractivity contribution in [2.24, 2.45) is 0 Å². The van der Waals surface area contributed by atoms with E-state index in [0.717, 1.165) is 0 Å². The molecule has 1 atom stereocenters. The predicted octanol–water partition coefficient (Wildman–Crippen LogP) is 1.29. The number of carbonyl (C=O) groups excluding carboxylic acids is 3. The number of anilines is 1. The van der Waals surface area contributed by atoms with Gasteiger partial charge in [-0.1, -0.05) is 17.7 Å². The number of amides is 4. The first-order valence-electron chi connectivity index (χ1n) is 7.92. The Kier molecular flexibility index (Phi) is 4.89. The lowest BCUT2D eigenvalue weighted by Gasteiger charge is -2.35. The number of benzene rings is 1. The highest BCUT2D eigenvalue weighted by Gasteiger charge is 2.32. The summed E-state index contributed by atoms with van der Waals surface area (Å²) in [5.41, 5.74) is 0.639. The van der Waals surface area contributed by atoms with Crippen molar-refractivity contribution in [1.82, 2.24) is 15.1 Å². The van der Waals surface area contributed by atoms with Crippen LogP contribution >= 0.6 is 11.6 Å². The first kappa shape index (κ1) is 16.6. The number of urea groups is 1. The number of rotatable bonds is 2. The van der Waals surface area contributed by atoms with Crippen LogP contribution in [0, 0.1) is 0 Å². The SMILES string of the molecule is O=C1CCC(C(=O)N2CCN(C(=O)Nc3cccc(Cl)c3)CC2)N1. The van der Waals surface area contributed by atoms with Crippen molar-refractivity contribution in [2.45, 2.75) is 18.9 Å². The third-order valence-electron chi connectivity index (χ3n) is 4.25. The molecule has 2 saturated heterocycles. The van der Waals surface area contributed by atoms with E-state index in [1.807, 2.05) is 0 Å². The van der Waals surface area contributed by atoms with E-state index in [2.05, 4.69) is 10.6 Å². The molecule has 1 aromatic rings. The molecule has 2 N–H and O–H groups in total. The molecule has 128 valence electrons. The van der Waals surface area contributed by atoms with Crippen molar-refractivity contribution >= 4 is 35.1 Å². The lowest BCUT2D eigenvalue weighted by molar-refractivity contribution is -0.135. The Morgan fingerprint density at radius 2 is 1.88 bits per heavy atom. The van der Waals surface area contributed by atoms with Gasteiger partial charge in [0, 0.05) is 43.3 Å². The highest BCUT2D eigenvalue weighted by molar-refractivity contribution is 6.30. The summed E-state index contributed by atoms with van der Waals surface area (Å²) in [6.45, 7) is 1.85. The molecule has 1 unspecified atom stereocenters. The number of hydrogen-bond acceptors (Lipinski definition) is 3. The van der Waals surface area contributed by atoms with Crippen molar-refractivity contribution < 1.29 is 14.4 Å². The lowest BCUT2D eigenvalue weighted by atomic mass is 10.2. The van der Waals surface area contributed by atoms with Crippen LogP contribution in [0.4, 0.5) is 10.5 Å². The highest BCUT2D eigenvalue weighted by Crippen LogP contribution is 2.16. The summed E-state index contributed by atoms with van der Waals surface area (Å²) in [4.78, 5) is 39.2. The molecule has 0 radical (unpaired) electrons. The molecule has 0 aromatic heterocycles. The largest absolute Gasteiger partial charge is 0.344 e. The molecule has 2 aliphatic rings. The summed E-state index contributed by atoms with van der Waals surface area (Å²) in [6.07, 6.45) is 0.950. The van der Waals surface area contributed by atoms with Crippen LogP contribution in [-0.4, -0.2) is 59.9 Å². The van der Waals surface area contributed by atoms with Gasteiger partial charge in [-0.3, -0.25) is 9.59 Å². The van der Waals surface area contributed by atoms with Gasteiger partial charge in [-0.15, -0.1) is 0 Å². The number of piperazine rings is 1. The van der Waals surface area contributed by atoms with Crippen molar-refractivity contribution in [2.75, 3.05) is 31.5 Å². The molecule has 8 heteroatoms. The van der Waals surface area contributed by atoms with Crippen LogP contribution in [0.1, 0.15) is 12.8 Å². The minimum atomic E-state index is -0.413. The van der Waals surface area contributed by atoms with Crippen molar-refractivity contribution in [1.29, 1.82) is 0 Å². The second-order valence-corrected chi connectivity index (χ2v) is 6.35. The topological polar surface area (TPSA) is 81.8 Å². The first-order chi connectivity index (χ1) is 11.5. The molecule has 2 aliphatic heterocycles. The average Bonchev–Trinajstić information content (AvgIpc) is 3.01. The third kappa shape index (κ3) is 3.79. The average molecular weight is 351 g/mol. The van der Waals surface area contributed by atoms with E-state index in [9.17, 15) is 14.4 Å². The van der Waals surface area contributed by atoms with Gasteiger partial charge in [0.25, 0.3) is 0 Å². The smallest absolute Gasteiger partial charge is 0.321 e. The van der Waals surface area contributed by atoms with Gasteiger partial charge in [0.1, 0.15) is 6.04 Å². The minimum absolute atomic E-state index is 0.0595. The first-order valence-corrected chi connectivity index (χ1v) is 8.30. The monoisotopic (exact) mass is 350 g/mol. The molecule has 3 rings (SSSR count). The van der Waals surface area contributed by atoms with Crippen LogP contribution in [0.5, 0.6) is 0 Å². The van der Waals surface area contributed by atoms with Crippen LogP contribution < -0.4 is 10.6 Å². The molecule has 0 saturated carbocycles. The molecule has 7 nitrogen and oxygen atoms in total. The fraction of sp³-hybridized carbons (Fsp3) is 0.438. The van der Waals surface area contributed by atoms with Crippen molar-refractivity contribution in [3.63, 3.8) is 0 Å². The molecule has 0 bridgehead atoms. The number of carbonyl (C=O) groups is 3. The summed E-state index contributed by atoms with van der Waals surface area (Å²) in [7, 11) is 0. The zero-order chi connectivity index (χ0) is 17.1. The Hall–Kier alpha value is -2.28. The van der Waals surface area contributed by atoms with Gasteiger partial charge < -0.3 is 20.4 Å². The molecule has 2 heterocycles. The Balaban J connectivity index is 1.50. The zero-order valence-electron chi connectivity index (χ0n) is 13.1. The maximum Gasteiger partial charge on any atom is 0.321 e. The van der Waals surface area contributed by atoms with Crippen LogP contribution in [0.25, 0.3) is 0 Å². The van der Waals surface area contributed by atoms with Crippen LogP contribution in [0.3, 0.4) is 0 Å². The van der Waals surface area contributed by atoms with E-state index in [0.29, 0.717) is 49.7 Å². The lowest BCUT2D eigenvalue weighted by Crippen LogP contribution is -2.55. The normalized spacial score (nSPS) is 20.7. The maximum atomic E-state index is 12.3. The van der Waals surface area contributed by atoms with Crippen LogP contribution in [-0.2, 0) is 9.59 Å². The summed E-state index contributed by atoms with van der Waals surface area (Å²) >= 11 is 5.90. The zero-order valence-corrected chi connectivity index (χ0v) is 13.9. The van der Waals surface area contributed by atoms with Gasteiger partial charge in [0.2, 0.25) is 11.8 Å². The fourth-order valence-corrected chi connectivity index (χ4v) is 3.11. The van der Waals surface area contributed by atoms with E-state index in [-0.39, 0.29) is 17.8 Å². The number of nitrogens with zero attached hydrogens (tertiary/aromatic N) is 2. The maximum absolute atomic E-state index is 12.3. The Morgan fingerprint density at radius 3 is 2.50 bits per heavy atom. The predicted molar refractivity (Wildman–Crippen MR) is 89.8 cm³/mol. The van der Waals surface area contributed by atoms with E-state index >= 15 is 0 Å². The van der Waals surface area contributed by atoms with Gasteiger partial charge in [0.05, 0.1) is 0 Å². The molecule has 4 amide bonds. The quantitative estimate of drug-likeness (QED) is 0.843. The molecule has 1 aromatic carbocycles. The van der Waals surface area contributed by atoms with Crippen molar-refractivity contribution in [3.05, 3.63) is 29.3 Å². The molecular formula is C16H19ClN4O3. The van der Waals surface area contributed by atoms with Crippen molar-refractivity contribution in [3.8, 4) is 0 Å². The molecular weight excluding hydrogens is 332 g/mol. The highest BCUT2D eigenvalue weighted by atomic mass is 35.5. The Morgan fingerprint density at radius 1 is 1.17 bits per heavy atom. The van der Waals surface area contributed by atoms with Gasteiger partial charge in [-0.25, -0.2) is 4.79 Å². The molecule has 0 aliphatic carbocycles. The minimum Gasteiger partial charge on any atom is -0.344 e. The second kappa shape index (κ2) is 7.09.